The lowest BCUT2D eigenvalue weighted by molar-refractivity contribution is -0.139. The maximum absolute atomic E-state index is 12.0. The van der Waals surface area contributed by atoms with Crippen molar-refractivity contribution < 1.29 is 9.53 Å². The van der Waals surface area contributed by atoms with E-state index in [0.717, 1.165) is 37.0 Å². The Labute approximate surface area is 89.2 Å². The van der Waals surface area contributed by atoms with Crippen molar-refractivity contribution >= 4 is 5.97 Å². The van der Waals surface area contributed by atoms with E-state index in [1.54, 1.807) is 0 Å². The van der Waals surface area contributed by atoms with Gasteiger partial charge in [0.05, 0.1) is 5.41 Å². The van der Waals surface area contributed by atoms with Gasteiger partial charge in [-0.25, -0.2) is 0 Å². The van der Waals surface area contributed by atoms with Gasteiger partial charge in [0.2, 0.25) is 0 Å². The molecule has 2 heteroatoms. The summed E-state index contributed by atoms with van der Waals surface area (Å²) in [6.45, 7) is 0. The fourth-order valence-corrected chi connectivity index (χ4v) is 2.89. The molecule has 78 valence electrons. The lowest BCUT2D eigenvalue weighted by Gasteiger charge is -2.29. The molecule has 0 bridgehead atoms. The van der Waals surface area contributed by atoms with Crippen LogP contribution in [0.3, 0.4) is 0 Å². The molecule has 1 aliphatic carbocycles. The SMILES string of the molecule is O=C1Oc2ccccc2C12CCCCC2. The van der Waals surface area contributed by atoms with Crippen LogP contribution in [0.25, 0.3) is 0 Å². The number of rotatable bonds is 0. The molecule has 1 saturated carbocycles. The maximum Gasteiger partial charge on any atom is 0.322 e. The minimum absolute atomic E-state index is 0.0246. The van der Waals surface area contributed by atoms with Crippen molar-refractivity contribution in [2.45, 2.75) is 37.5 Å². The smallest absolute Gasteiger partial charge is 0.322 e. The van der Waals surface area contributed by atoms with Gasteiger partial charge in [0.15, 0.2) is 0 Å². The van der Waals surface area contributed by atoms with E-state index in [2.05, 4.69) is 0 Å². The molecule has 2 aliphatic rings. The fourth-order valence-electron chi connectivity index (χ4n) is 2.89. The van der Waals surface area contributed by atoms with Gasteiger partial charge in [-0.3, -0.25) is 4.79 Å². The van der Waals surface area contributed by atoms with Crippen molar-refractivity contribution in [2.24, 2.45) is 0 Å². The zero-order chi connectivity index (χ0) is 10.3. The summed E-state index contributed by atoms with van der Waals surface area (Å²) in [5.41, 5.74) is 0.823. The average Bonchev–Trinajstić information content (AvgIpc) is 2.55. The van der Waals surface area contributed by atoms with Crippen LogP contribution in [-0.2, 0) is 10.2 Å². The van der Waals surface area contributed by atoms with Crippen molar-refractivity contribution in [1.29, 1.82) is 0 Å². The number of fused-ring (bicyclic) bond motifs is 2. The normalized spacial score (nSPS) is 22.5. The Morgan fingerprint density at radius 1 is 1.07 bits per heavy atom. The summed E-state index contributed by atoms with van der Waals surface area (Å²) < 4.78 is 5.36. The molecule has 1 aromatic carbocycles. The highest BCUT2D eigenvalue weighted by Crippen LogP contribution is 2.48. The van der Waals surface area contributed by atoms with Crippen molar-refractivity contribution in [1.82, 2.24) is 0 Å². The highest BCUT2D eigenvalue weighted by molar-refractivity contribution is 5.90. The number of hydrogen-bond acceptors (Lipinski definition) is 2. The second kappa shape index (κ2) is 3.09. The number of ether oxygens (including phenoxy) is 1. The minimum atomic E-state index is -0.297. The molecule has 0 atom stereocenters. The van der Waals surface area contributed by atoms with Crippen LogP contribution in [0.1, 0.15) is 37.7 Å². The Bertz CT molecular complexity index is 403. The summed E-state index contributed by atoms with van der Waals surface area (Å²) in [5, 5.41) is 0. The first-order valence-corrected chi connectivity index (χ1v) is 5.65. The molecule has 0 N–H and O–H groups in total. The third kappa shape index (κ3) is 1.14. The third-order valence-electron chi connectivity index (χ3n) is 3.70. The van der Waals surface area contributed by atoms with Crippen LogP contribution < -0.4 is 4.74 Å². The predicted molar refractivity (Wildman–Crippen MR) is 56.8 cm³/mol. The van der Waals surface area contributed by atoms with Crippen molar-refractivity contribution in [3.63, 3.8) is 0 Å². The highest BCUT2D eigenvalue weighted by atomic mass is 16.5. The lowest BCUT2D eigenvalue weighted by atomic mass is 9.70. The summed E-state index contributed by atoms with van der Waals surface area (Å²) in [7, 11) is 0. The van der Waals surface area contributed by atoms with E-state index in [1.165, 1.54) is 6.42 Å². The van der Waals surface area contributed by atoms with E-state index in [-0.39, 0.29) is 11.4 Å². The predicted octanol–water partition coefficient (Wildman–Crippen LogP) is 2.81. The molecule has 15 heavy (non-hydrogen) atoms. The van der Waals surface area contributed by atoms with Crippen molar-refractivity contribution in [3.05, 3.63) is 29.8 Å². The first kappa shape index (κ1) is 8.96. The zero-order valence-corrected chi connectivity index (χ0v) is 8.66. The van der Waals surface area contributed by atoms with Gasteiger partial charge in [0, 0.05) is 5.56 Å². The van der Waals surface area contributed by atoms with Crippen LogP contribution in [0.2, 0.25) is 0 Å². The van der Waals surface area contributed by atoms with Crippen LogP contribution in [-0.4, -0.2) is 5.97 Å². The molecular formula is C13H14O2. The monoisotopic (exact) mass is 202 g/mol. The maximum atomic E-state index is 12.0. The van der Waals surface area contributed by atoms with Crippen LogP contribution in [0.5, 0.6) is 5.75 Å². The largest absolute Gasteiger partial charge is 0.426 e. The van der Waals surface area contributed by atoms with E-state index >= 15 is 0 Å². The van der Waals surface area contributed by atoms with Gasteiger partial charge in [-0.1, -0.05) is 37.5 Å². The Balaban J connectivity index is 2.11. The molecule has 1 spiro atoms. The highest BCUT2D eigenvalue weighted by Gasteiger charge is 2.48. The zero-order valence-electron chi connectivity index (χ0n) is 8.66. The molecule has 1 aliphatic heterocycles. The van der Waals surface area contributed by atoms with Gasteiger partial charge in [-0.05, 0) is 18.9 Å². The van der Waals surface area contributed by atoms with Gasteiger partial charge in [0.1, 0.15) is 5.75 Å². The summed E-state index contributed by atoms with van der Waals surface area (Å²) in [6.07, 6.45) is 5.45. The number of benzene rings is 1. The van der Waals surface area contributed by atoms with Crippen LogP contribution in [0.15, 0.2) is 24.3 Å². The average molecular weight is 202 g/mol. The van der Waals surface area contributed by atoms with Gasteiger partial charge < -0.3 is 4.74 Å². The van der Waals surface area contributed by atoms with Crippen LogP contribution in [0, 0.1) is 0 Å². The summed E-state index contributed by atoms with van der Waals surface area (Å²) in [5.74, 6) is 0.757. The molecule has 1 heterocycles. The summed E-state index contributed by atoms with van der Waals surface area (Å²) in [6, 6.07) is 7.87. The molecule has 1 fully saturated rings. The topological polar surface area (TPSA) is 26.3 Å². The number of esters is 1. The molecule has 0 radical (unpaired) electrons. The minimum Gasteiger partial charge on any atom is -0.426 e. The fraction of sp³-hybridized carbons (Fsp3) is 0.462. The van der Waals surface area contributed by atoms with E-state index in [9.17, 15) is 4.79 Å². The number of carbonyl (C=O) groups is 1. The first-order valence-electron chi connectivity index (χ1n) is 5.65. The molecule has 0 amide bonds. The molecule has 1 aromatic rings. The first-order chi connectivity index (χ1) is 7.33. The molecule has 0 aromatic heterocycles. The Morgan fingerprint density at radius 3 is 2.60 bits per heavy atom. The molecule has 2 nitrogen and oxygen atoms in total. The standard InChI is InChI=1S/C13H14O2/c14-12-13(8-4-1-5-9-13)10-6-2-3-7-11(10)15-12/h2-3,6-7H,1,4-5,8-9H2. The quantitative estimate of drug-likeness (QED) is 0.477. The molecular weight excluding hydrogens is 188 g/mol. The van der Waals surface area contributed by atoms with Gasteiger partial charge in [-0.15, -0.1) is 0 Å². The third-order valence-corrected chi connectivity index (χ3v) is 3.70. The number of carbonyl (C=O) groups excluding carboxylic acids is 1. The molecule has 0 saturated heterocycles. The van der Waals surface area contributed by atoms with Gasteiger partial charge >= 0.3 is 5.97 Å². The van der Waals surface area contributed by atoms with Crippen molar-refractivity contribution in [3.8, 4) is 5.75 Å². The summed E-state index contributed by atoms with van der Waals surface area (Å²) >= 11 is 0. The molecule has 0 unspecified atom stereocenters. The van der Waals surface area contributed by atoms with E-state index in [0.29, 0.717) is 0 Å². The lowest BCUT2D eigenvalue weighted by Crippen LogP contribution is -2.35. The second-order valence-corrected chi connectivity index (χ2v) is 4.53. The van der Waals surface area contributed by atoms with E-state index in [4.69, 9.17) is 4.74 Å². The van der Waals surface area contributed by atoms with Crippen molar-refractivity contribution in [2.75, 3.05) is 0 Å². The Kier molecular flexibility index (Phi) is 1.84. The van der Waals surface area contributed by atoms with E-state index < -0.39 is 0 Å². The Hall–Kier alpha value is -1.31. The summed E-state index contributed by atoms with van der Waals surface area (Å²) in [4.78, 5) is 12.0. The van der Waals surface area contributed by atoms with Gasteiger partial charge in [0.25, 0.3) is 0 Å². The van der Waals surface area contributed by atoms with Crippen LogP contribution in [0.4, 0.5) is 0 Å². The Morgan fingerprint density at radius 2 is 1.80 bits per heavy atom. The van der Waals surface area contributed by atoms with Crippen LogP contribution >= 0.6 is 0 Å². The number of para-hydroxylation sites is 1. The van der Waals surface area contributed by atoms with E-state index in [1.807, 2.05) is 24.3 Å². The second-order valence-electron chi connectivity index (χ2n) is 4.53. The molecule has 3 rings (SSSR count). The number of hydrogen-bond donors (Lipinski definition) is 0. The van der Waals surface area contributed by atoms with Gasteiger partial charge in [-0.2, -0.15) is 0 Å².